The Balaban J connectivity index is 2.66. The molecule has 19 heavy (non-hydrogen) atoms. The van der Waals surface area contributed by atoms with Crippen molar-refractivity contribution in [3.63, 3.8) is 0 Å². The van der Waals surface area contributed by atoms with E-state index < -0.39 is 0 Å². The van der Waals surface area contributed by atoms with Gasteiger partial charge in [-0.3, -0.25) is 0 Å². The van der Waals surface area contributed by atoms with Gasteiger partial charge in [0.05, 0.1) is 7.11 Å². The lowest BCUT2D eigenvalue weighted by atomic mass is 10.2. The van der Waals surface area contributed by atoms with Gasteiger partial charge in [0.1, 0.15) is 5.75 Å². The van der Waals surface area contributed by atoms with E-state index in [0.29, 0.717) is 0 Å². The van der Waals surface area contributed by atoms with E-state index in [0.717, 1.165) is 17.0 Å². The topological polar surface area (TPSA) is 59.6 Å². The number of aliphatic imine (C=N–C) groups is 1. The quantitative estimate of drug-likeness (QED) is 0.661. The Hall–Kier alpha value is -1.79. The summed E-state index contributed by atoms with van der Waals surface area (Å²) >= 11 is 9.62. The minimum Gasteiger partial charge on any atom is -0.497 e. The summed E-state index contributed by atoms with van der Waals surface area (Å²) in [7, 11) is 1.64. The van der Waals surface area contributed by atoms with Crippen LogP contribution in [0.2, 0.25) is 0 Å². The van der Waals surface area contributed by atoms with Crippen LogP contribution in [0, 0.1) is 0 Å². The fourth-order valence-corrected chi connectivity index (χ4v) is 1.68. The first kappa shape index (κ1) is 15.3. The highest BCUT2D eigenvalue weighted by Crippen LogP contribution is 2.12. The summed E-state index contributed by atoms with van der Waals surface area (Å²) in [5, 5.41) is 2.96. The molecule has 0 atom stereocenters. The van der Waals surface area contributed by atoms with E-state index in [-0.39, 0.29) is 10.2 Å². The van der Waals surface area contributed by atoms with Crippen LogP contribution in [0.15, 0.2) is 35.3 Å². The molecule has 0 unspecified atom stereocenters. The van der Waals surface area contributed by atoms with E-state index in [2.05, 4.69) is 22.5 Å². The number of nitrogens with zero attached hydrogens (tertiary/aromatic N) is 1. The van der Waals surface area contributed by atoms with Crippen molar-refractivity contribution in [2.24, 2.45) is 10.7 Å². The molecule has 1 aromatic rings. The smallest absolute Gasteiger partial charge is 0.199 e. The maximum absolute atomic E-state index is 5.30. The molecular weight excluding hydrogens is 278 g/mol. The van der Waals surface area contributed by atoms with Crippen LogP contribution in [0.4, 0.5) is 0 Å². The minimum atomic E-state index is 0.112. The fourth-order valence-electron chi connectivity index (χ4n) is 1.26. The molecular formula is C13H15N3OS2. The van der Waals surface area contributed by atoms with Gasteiger partial charge in [-0.15, -0.1) is 0 Å². The number of benzene rings is 1. The molecule has 4 nitrogen and oxygen atoms in total. The molecule has 0 spiro atoms. The summed E-state index contributed by atoms with van der Waals surface area (Å²) in [5.41, 5.74) is 7.09. The number of nitrogens with two attached hydrogens (primary N) is 1. The second kappa shape index (κ2) is 7.60. The summed E-state index contributed by atoms with van der Waals surface area (Å²) in [6.45, 7) is 1.84. The second-order valence-electron chi connectivity index (χ2n) is 3.65. The van der Waals surface area contributed by atoms with E-state index in [1.54, 1.807) is 7.11 Å². The Morgan fingerprint density at radius 2 is 1.95 bits per heavy atom. The summed E-state index contributed by atoms with van der Waals surface area (Å²) in [4.78, 5) is 4.12. The molecule has 0 aliphatic rings. The number of allylic oxidation sites excluding steroid dienone is 1. The van der Waals surface area contributed by atoms with Crippen LogP contribution >= 0.6 is 24.4 Å². The first-order valence-corrected chi connectivity index (χ1v) is 6.31. The zero-order valence-electron chi connectivity index (χ0n) is 10.7. The van der Waals surface area contributed by atoms with Gasteiger partial charge in [0.2, 0.25) is 0 Å². The monoisotopic (exact) mass is 293 g/mol. The molecule has 0 amide bonds. The predicted molar refractivity (Wildman–Crippen MR) is 87.7 cm³/mol. The van der Waals surface area contributed by atoms with Crippen molar-refractivity contribution in [3.8, 4) is 5.75 Å². The highest BCUT2D eigenvalue weighted by Gasteiger charge is 1.94. The largest absolute Gasteiger partial charge is 0.497 e. The molecule has 0 aliphatic carbocycles. The van der Waals surface area contributed by atoms with Crippen LogP contribution in [0.3, 0.4) is 0 Å². The predicted octanol–water partition coefficient (Wildman–Crippen LogP) is 2.29. The van der Waals surface area contributed by atoms with Crippen LogP contribution in [-0.2, 0) is 0 Å². The molecule has 6 heteroatoms. The molecule has 0 saturated carbocycles. The van der Waals surface area contributed by atoms with Crippen LogP contribution in [0.1, 0.15) is 12.5 Å². The van der Waals surface area contributed by atoms with Gasteiger partial charge in [0.15, 0.2) is 10.2 Å². The van der Waals surface area contributed by atoms with Gasteiger partial charge in [-0.05, 0) is 55.1 Å². The average molecular weight is 293 g/mol. The van der Waals surface area contributed by atoms with E-state index in [1.165, 1.54) is 0 Å². The van der Waals surface area contributed by atoms with Gasteiger partial charge in [0, 0.05) is 5.71 Å². The highest BCUT2D eigenvalue weighted by molar-refractivity contribution is 7.81. The molecule has 0 saturated heterocycles. The number of nitrogens with one attached hydrogen (secondary N) is 1. The van der Waals surface area contributed by atoms with E-state index in [1.807, 2.05) is 43.3 Å². The van der Waals surface area contributed by atoms with Crippen LogP contribution in [-0.4, -0.2) is 23.0 Å². The number of ether oxygens (including phenoxy) is 1. The minimum absolute atomic E-state index is 0.112. The maximum Gasteiger partial charge on any atom is 0.199 e. The first-order chi connectivity index (χ1) is 9.01. The maximum atomic E-state index is 5.30. The summed E-state index contributed by atoms with van der Waals surface area (Å²) in [6, 6.07) is 7.69. The SMILES string of the molecule is COc1ccc(C=CC(C)=NC(=S)NC(N)=S)cc1. The fraction of sp³-hybridized carbons (Fsp3) is 0.154. The standard InChI is InChI=1S/C13H15N3OS2/c1-9(15-13(19)16-12(14)18)3-4-10-5-7-11(17-2)8-6-10/h3-8H,1-2H3,(H3,14,16,18,19). The van der Waals surface area contributed by atoms with Crippen LogP contribution in [0.5, 0.6) is 5.75 Å². The Labute approximate surface area is 123 Å². The molecule has 100 valence electrons. The van der Waals surface area contributed by atoms with Gasteiger partial charge in [-0.25, -0.2) is 4.99 Å². The van der Waals surface area contributed by atoms with Crippen molar-refractivity contribution in [2.75, 3.05) is 7.11 Å². The lowest BCUT2D eigenvalue weighted by Gasteiger charge is -2.01. The lowest BCUT2D eigenvalue weighted by molar-refractivity contribution is 0.415. The molecule has 0 fully saturated rings. The summed E-state index contributed by atoms with van der Waals surface area (Å²) in [5.74, 6) is 0.823. The van der Waals surface area contributed by atoms with Crippen LogP contribution < -0.4 is 15.8 Å². The van der Waals surface area contributed by atoms with Crippen LogP contribution in [0.25, 0.3) is 6.08 Å². The molecule has 1 aromatic carbocycles. The third-order valence-corrected chi connectivity index (χ3v) is 2.44. The summed E-state index contributed by atoms with van der Waals surface area (Å²) < 4.78 is 5.09. The zero-order chi connectivity index (χ0) is 14.3. The molecule has 3 N–H and O–H groups in total. The Morgan fingerprint density at radius 3 is 2.47 bits per heavy atom. The normalized spacial score (nSPS) is 11.4. The number of rotatable bonds is 3. The van der Waals surface area contributed by atoms with Crippen molar-refractivity contribution in [3.05, 3.63) is 35.9 Å². The Bertz CT molecular complexity index is 521. The molecule has 1 rings (SSSR count). The van der Waals surface area contributed by atoms with Gasteiger partial charge in [0.25, 0.3) is 0 Å². The van der Waals surface area contributed by atoms with E-state index in [9.17, 15) is 0 Å². The number of hydrogen-bond donors (Lipinski definition) is 2. The third-order valence-electron chi connectivity index (χ3n) is 2.14. The van der Waals surface area contributed by atoms with Gasteiger partial charge in [-0.2, -0.15) is 0 Å². The molecule has 0 bridgehead atoms. The van der Waals surface area contributed by atoms with Gasteiger partial charge in [-0.1, -0.05) is 18.2 Å². The van der Waals surface area contributed by atoms with Crippen molar-refractivity contribution in [1.82, 2.24) is 5.32 Å². The Kier molecular flexibility index (Phi) is 6.11. The third kappa shape index (κ3) is 6.08. The van der Waals surface area contributed by atoms with Gasteiger partial charge >= 0.3 is 0 Å². The Morgan fingerprint density at radius 1 is 1.32 bits per heavy atom. The zero-order valence-corrected chi connectivity index (χ0v) is 12.3. The number of methoxy groups -OCH3 is 1. The van der Waals surface area contributed by atoms with E-state index >= 15 is 0 Å². The summed E-state index contributed by atoms with van der Waals surface area (Å²) in [6.07, 6.45) is 3.79. The second-order valence-corrected chi connectivity index (χ2v) is 4.48. The van der Waals surface area contributed by atoms with Gasteiger partial charge < -0.3 is 15.8 Å². The highest BCUT2D eigenvalue weighted by atomic mass is 32.1. The first-order valence-electron chi connectivity index (χ1n) is 5.49. The molecule has 0 aromatic heterocycles. The molecule has 0 heterocycles. The van der Waals surface area contributed by atoms with Crippen molar-refractivity contribution in [2.45, 2.75) is 6.92 Å². The van der Waals surface area contributed by atoms with Crippen molar-refractivity contribution < 1.29 is 4.74 Å². The van der Waals surface area contributed by atoms with E-state index in [4.69, 9.17) is 22.7 Å². The number of hydrogen-bond acceptors (Lipinski definition) is 3. The van der Waals surface area contributed by atoms with Crippen molar-refractivity contribution in [1.29, 1.82) is 0 Å². The molecule has 0 radical (unpaired) electrons. The number of thiocarbonyl (C=S) groups is 2. The lowest BCUT2D eigenvalue weighted by Crippen LogP contribution is -2.32. The molecule has 0 aliphatic heterocycles. The average Bonchev–Trinajstić information content (AvgIpc) is 2.36. The van der Waals surface area contributed by atoms with Crippen molar-refractivity contribution >= 4 is 46.4 Å².